The zero-order valence-electron chi connectivity index (χ0n) is 11.4. The number of carbonyl (C=O) groups excluding carboxylic acids is 1. The van der Waals surface area contributed by atoms with Crippen molar-refractivity contribution in [3.8, 4) is 0 Å². The fourth-order valence-electron chi connectivity index (χ4n) is 1.87. The highest BCUT2D eigenvalue weighted by Gasteiger charge is 2.19. The van der Waals surface area contributed by atoms with Crippen LogP contribution in [0.1, 0.15) is 21.7 Å². The van der Waals surface area contributed by atoms with Crippen LogP contribution >= 0.6 is 0 Å². The normalized spacial score (nSPS) is 10.4. The molecule has 1 aromatic heterocycles. The number of aromatic nitrogens is 3. The first kappa shape index (κ1) is 14.7. The fourth-order valence-corrected chi connectivity index (χ4v) is 1.87. The summed E-state index contributed by atoms with van der Waals surface area (Å²) in [5.41, 5.74) is 7.08. The standard InChI is InChI=1S/C13H15N5O3/c1-8-4-2-3-5-9(8)15-11(19)7-18-10(6-14)12(13(20)21)16-17-18/h2-5H,6-7,14H2,1H3,(H,15,19)(H,20,21). The van der Waals surface area contributed by atoms with Gasteiger partial charge in [-0.3, -0.25) is 4.79 Å². The number of rotatable bonds is 5. The second kappa shape index (κ2) is 6.14. The lowest BCUT2D eigenvalue weighted by Gasteiger charge is -2.09. The van der Waals surface area contributed by atoms with Crippen molar-refractivity contribution in [2.45, 2.75) is 20.0 Å². The van der Waals surface area contributed by atoms with Crippen LogP contribution in [0.5, 0.6) is 0 Å². The molecule has 0 radical (unpaired) electrons. The Balaban J connectivity index is 2.13. The number of anilines is 1. The third-order valence-corrected chi connectivity index (χ3v) is 2.95. The third kappa shape index (κ3) is 3.23. The molecule has 0 atom stereocenters. The molecule has 21 heavy (non-hydrogen) atoms. The van der Waals surface area contributed by atoms with Crippen LogP contribution in [0.4, 0.5) is 5.69 Å². The molecular formula is C13H15N5O3. The summed E-state index contributed by atoms with van der Waals surface area (Å²) >= 11 is 0. The maximum atomic E-state index is 12.0. The Morgan fingerprint density at radius 1 is 1.38 bits per heavy atom. The first-order chi connectivity index (χ1) is 10.0. The Labute approximate surface area is 120 Å². The number of aryl methyl sites for hydroxylation is 1. The predicted molar refractivity (Wildman–Crippen MR) is 74.7 cm³/mol. The number of para-hydroxylation sites is 1. The minimum atomic E-state index is -1.22. The number of carboxylic acid groups (broad SMARTS) is 1. The lowest BCUT2D eigenvalue weighted by molar-refractivity contribution is -0.117. The summed E-state index contributed by atoms with van der Waals surface area (Å²) in [5.74, 6) is -1.55. The Morgan fingerprint density at radius 2 is 2.10 bits per heavy atom. The van der Waals surface area contributed by atoms with E-state index < -0.39 is 5.97 Å². The number of benzene rings is 1. The molecule has 2 rings (SSSR count). The summed E-state index contributed by atoms with van der Waals surface area (Å²) in [7, 11) is 0. The Morgan fingerprint density at radius 3 is 2.71 bits per heavy atom. The second-order valence-corrected chi connectivity index (χ2v) is 4.41. The number of hydrogen-bond donors (Lipinski definition) is 3. The van der Waals surface area contributed by atoms with Crippen LogP contribution in [0.3, 0.4) is 0 Å². The maximum absolute atomic E-state index is 12.0. The van der Waals surface area contributed by atoms with E-state index in [9.17, 15) is 9.59 Å². The van der Waals surface area contributed by atoms with Gasteiger partial charge in [0.2, 0.25) is 5.91 Å². The minimum absolute atomic E-state index is 0.0632. The second-order valence-electron chi connectivity index (χ2n) is 4.41. The number of nitrogens with two attached hydrogens (primary N) is 1. The molecule has 2 aromatic rings. The van der Waals surface area contributed by atoms with Crippen LogP contribution in [-0.4, -0.2) is 32.0 Å². The van der Waals surface area contributed by atoms with Crippen LogP contribution in [-0.2, 0) is 17.9 Å². The topological polar surface area (TPSA) is 123 Å². The zero-order valence-corrected chi connectivity index (χ0v) is 11.4. The van der Waals surface area contributed by atoms with Crippen LogP contribution in [0.25, 0.3) is 0 Å². The summed E-state index contributed by atoms with van der Waals surface area (Å²) in [5, 5.41) is 18.9. The molecular weight excluding hydrogens is 274 g/mol. The van der Waals surface area contributed by atoms with E-state index in [-0.39, 0.29) is 30.4 Å². The van der Waals surface area contributed by atoms with Gasteiger partial charge in [-0.05, 0) is 18.6 Å². The summed E-state index contributed by atoms with van der Waals surface area (Å²) in [6.45, 7) is 1.66. The van der Waals surface area contributed by atoms with Gasteiger partial charge in [-0.15, -0.1) is 5.10 Å². The molecule has 0 fully saturated rings. The van der Waals surface area contributed by atoms with Gasteiger partial charge in [0.25, 0.3) is 0 Å². The van der Waals surface area contributed by atoms with Gasteiger partial charge in [0, 0.05) is 12.2 Å². The van der Waals surface area contributed by atoms with Crippen molar-refractivity contribution in [3.63, 3.8) is 0 Å². The first-order valence-corrected chi connectivity index (χ1v) is 6.24. The van der Waals surface area contributed by atoms with E-state index in [1.54, 1.807) is 6.07 Å². The van der Waals surface area contributed by atoms with Crippen molar-refractivity contribution in [3.05, 3.63) is 41.2 Å². The highest BCUT2D eigenvalue weighted by atomic mass is 16.4. The lowest BCUT2D eigenvalue weighted by atomic mass is 10.2. The number of nitrogens with one attached hydrogen (secondary N) is 1. The van der Waals surface area contributed by atoms with Gasteiger partial charge < -0.3 is 16.2 Å². The Kier molecular flexibility index (Phi) is 4.29. The maximum Gasteiger partial charge on any atom is 0.358 e. The van der Waals surface area contributed by atoms with Crippen LogP contribution in [0.15, 0.2) is 24.3 Å². The fraction of sp³-hybridized carbons (Fsp3) is 0.231. The number of hydrogen-bond acceptors (Lipinski definition) is 5. The van der Waals surface area contributed by atoms with Gasteiger partial charge in [0.05, 0.1) is 5.69 Å². The first-order valence-electron chi connectivity index (χ1n) is 6.24. The van der Waals surface area contributed by atoms with E-state index in [4.69, 9.17) is 10.8 Å². The smallest absolute Gasteiger partial charge is 0.358 e. The zero-order chi connectivity index (χ0) is 15.4. The van der Waals surface area contributed by atoms with E-state index in [1.807, 2.05) is 25.1 Å². The van der Waals surface area contributed by atoms with E-state index in [1.165, 1.54) is 4.68 Å². The van der Waals surface area contributed by atoms with E-state index >= 15 is 0 Å². The Hall–Kier alpha value is -2.74. The average molecular weight is 289 g/mol. The van der Waals surface area contributed by atoms with Crippen molar-refractivity contribution in [1.29, 1.82) is 0 Å². The molecule has 0 aliphatic carbocycles. The van der Waals surface area contributed by atoms with Gasteiger partial charge in [0.1, 0.15) is 6.54 Å². The van der Waals surface area contributed by atoms with Gasteiger partial charge in [-0.25, -0.2) is 9.48 Å². The molecule has 0 aliphatic heterocycles. The van der Waals surface area contributed by atoms with E-state index in [0.29, 0.717) is 5.69 Å². The number of amides is 1. The average Bonchev–Trinajstić information content (AvgIpc) is 2.84. The number of carbonyl (C=O) groups is 2. The van der Waals surface area contributed by atoms with Crippen molar-refractivity contribution < 1.29 is 14.7 Å². The molecule has 8 heteroatoms. The number of carboxylic acids is 1. The third-order valence-electron chi connectivity index (χ3n) is 2.95. The summed E-state index contributed by atoms with van der Waals surface area (Å²) in [4.78, 5) is 22.9. The summed E-state index contributed by atoms with van der Waals surface area (Å²) in [6, 6.07) is 7.33. The SMILES string of the molecule is Cc1ccccc1NC(=O)Cn1nnc(C(=O)O)c1CN. The molecule has 1 heterocycles. The highest BCUT2D eigenvalue weighted by molar-refractivity contribution is 5.91. The van der Waals surface area contributed by atoms with Gasteiger partial charge >= 0.3 is 5.97 Å². The molecule has 0 bridgehead atoms. The van der Waals surface area contributed by atoms with Crippen molar-refractivity contribution in [1.82, 2.24) is 15.0 Å². The molecule has 0 saturated heterocycles. The van der Waals surface area contributed by atoms with Crippen LogP contribution in [0, 0.1) is 6.92 Å². The van der Waals surface area contributed by atoms with Crippen molar-refractivity contribution >= 4 is 17.6 Å². The van der Waals surface area contributed by atoms with Gasteiger partial charge in [-0.2, -0.15) is 0 Å². The van der Waals surface area contributed by atoms with Crippen molar-refractivity contribution in [2.24, 2.45) is 5.73 Å². The number of aromatic carboxylic acids is 1. The van der Waals surface area contributed by atoms with Gasteiger partial charge in [0.15, 0.2) is 5.69 Å². The molecule has 0 aliphatic rings. The lowest BCUT2D eigenvalue weighted by Crippen LogP contribution is -2.22. The van der Waals surface area contributed by atoms with Crippen LogP contribution in [0.2, 0.25) is 0 Å². The van der Waals surface area contributed by atoms with Crippen molar-refractivity contribution in [2.75, 3.05) is 5.32 Å². The molecule has 0 unspecified atom stereocenters. The minimum Gasteiger partial charge on any atom is -0.476 e. The molecule has 0 saturated carbocycles. The quantitative estimate of drug-likeness (QED) is 0.731. The van der Waals surface area contributed by atoms with E-state index in [0.717, 1.165) is 5.56 Å². The largest absolute Gasteiger partial charge is 0.476 e. The monoisotopic (exact) mass is 289 g/mol. The van der Waals surface area contributed by atoms with E-state index in [2.05, 4.69) is 15.6 Å². The van der Waals surface area contributed by atoms with Crippen LogP contribution < -0.4 is 11.1 Å². The molecule has 0 spiro atoms. The molecule has 8 nitrogen and oxygen atoms in total. The summed E-state index contributed by atoms with van der Waals surface area (Å²) in [6.07, 6.45) is 0. The highest BCUT2D eigenvalue weighted by Crippen LogP contribution is 2.13. The predicted octanol–water partition coefficient (Wildman–Crippen LogP) is 0.382. The number of nitrogens with zero attached hydrogens (tertiary/aromatic N) is 3. The van der Waals surface area contributed by atoms with Gasteiger partial charge in [-0.1, -0.05) is 23.4 Å². The Bertz CT molecular complexity index is 680. The molecule has 1 aromatic carbocycles. The summed E-state index contributed by atoms with van der Waals surface area (Å²) < 4.78 is 1.19. The molecule has 110 valence electrons. The molecule has 1 amide bonds. The molecule has 4 N–H and O–H groups in total.